The van der Waals surface area contributed by atoms with Crippen LogP contribution in [-0.4, -0.2) is 0 Å². The third kappa shape index (κ3) is 3.55. The predicted octanol–water partition coefficient (Wildman–Crippen LogP) is 5.01. The lowest BCUT2D eigenvalue weighted by atomic mass is 9.87. The molecule has 2 aromatic rings. The lowest BCUT2D eigenvalue weighted by Crippen LogP contribution is -2.25. The molecule has 0 spiro atoms. The third-order valence-corrected chi connectivity index (χ3v) is 4.26. The molecule has 1 atom stereocenters. The van der Waals surface area contributed by atoms with Gasteiger partial charge < -0.3 is 5.32 Å². The van der Waals surface area contributed by atoms with E-state index in [1.807, 2.05) is 12.1 Å². The molecule has 3 rings (SSSR count). The Morgan fingerprint density at radius 3 is 2.65 bits per heavy atom. The summed E-state index contributed by atoms with van der Waals surface area (Å²) in [5.41, 5.74) is 1.71. The van der Waals surface area contributed by atoms with Crippen molar-refractivity contribution < 1.29 is 17.6 Å². The van der Waals surface area contributed by atoms with E-state index in [-0.39, 0.29) is 12.6 Å². The highest BCUT2D eigenvalue weighted by atomic mass is 19.4. The first-order valence-electron chi connectivity index (χ1n) is 7.62. The highest BCUT2D eigenvalue weighted by Gasteiger charge is 2.34. The summed E-state index contributed by atoms with van der Waals surface area (Å²) in [7, 11) is 0. The number of hydrogen-bond acceptors (Lipinski definition) is 1. The van der Waals surface area contributed by atoms with Crippen LogP contribution >= 0.6 is 0 Å². The molecular weight excluding hydrogens is 306 g/mol. The second kappa shape index (κ2) is 6.32. The Morgan fingerprint density at radius 2 is 1.87 bits per heavy atom. The Hall–Kier alpha value is -1.88. The van der Waals surface area contributed by atoms with Gasteiger partial charge in [-0.25, -0.2) is 4.39 Å². The normalized spacial score (nSPS) is 17.8. The summed E-state index contributed by atoms with van der Waals surface area (Å²) in [4.78, 5) is 0. The van der Waals surface area contributed by atoms with Gasteiger partial charge in [0.1, 0.15) is 5.82 Å². The van der Waals surface area contributed by atoms with Crippen LogP contribution in [0.1, 0.15) is 41.1 Å². The molecule has 0 heterocycles. The minimum absolute atomic E-state index is 0.124. The summed E-state index contributed by atoms with van der Waals surface area (Å²) in [6.45, 7) is 0.280. The van der Waals surface area contributed by atoms with E-state index in [1.165, 1.54) is 17.2 Å². The van der Waals surface area contributed by atoms with E-state index in [2.05, 4.69) is 17.4 Å². The first kappa shape index (κ1) is 16.0. The van der Waals surface area contributed by atoms with Gasteiger partial charge in [-0.1, -0.05) is 30.3 Å². The van der Waals surface area contributed by atoms with Crippen LogP contribution in [0.2, 0.25) is 0 Å². The molecule has 0 amide bonds. The van der Waals surface area contributed by atoms with Crippen LogP contribution in [0.3, 0.4) is 0 Å². The second-order valence-corrected chi connectivity index (χ2v) is 5.84. The topological polar surface area (TPSA) is 12.0 Å². The molecule has 0 bridgehead atoms. The quantitative estimate of drug-likeness (QED) is 0.783. The maximum atomic E-state index is 13.3. The van der Waals surface area contributed by atoms with Crippen molar-refractivity contribution in [3.8, 4) is 0 Å². The molecule has 0 saturated heterocycles. The van der Waals surface area contributed by atoms with Crippen LogP contribution in [0.5, 0.6) is 0 Å². The Kier molecular flexibility index (Phi) is 4.39. The molecule has 122 valence electrons. The molecule has 5 heteroatoms. The van der Waals surface area contributed by atoms with Crippen LogP contribution in [0.15, 0.2) is 42.5 Å². The second-order valence-electron chi connectivity index (χ2n) is 5.84. The molecule has 23 heavy (non-hydrogen) atoms. The van der Waals surface area contributed by atoms with Gasteiger partial charge in [-0.15, -0.1) is 0 Å². The highest BCUT2D eigenvalue weighted by molar-refractivity contribution is 5.32. The van der Waals surface area contributed by atoms with E-state index < -0.39 is 17.6 Å². The molecular formula is C18H17F4N. The number of benzene rings is 2. The molecule has 1 aliphatic carbocycles. The monoisotopic (exact) mass is 323 g/mol. The van der Waals surface area contributed by atoms with Gasteiger partial charge in [0.2, 0.25) is 0 Å². The van der Waals surface area contributed by atoms with Crippen LogP contribution in [0, 0.1) is 5.82 Å². The van der Waals surface area contributed by atoms with E-state index in [1.54, 1.807) is 0 Å². The number of nitrogens with one attached hydrogen (secondary N) is 1. The van der Waals surface area contributed by atoms with Gasteiger partial charge in [-0.2, -0.15) is 13.2 Å². The minimum atomic E-state index is -4.67. The van der Waals surface area contributed by atoms with E-state index in [4.69, 9.17) is 0 Å². The third-order valence-electron chi connectivity index (χ3n) is 4.26. The Labute approximate surface area is 132 Å². The van der Waals surface area contributed by atoms with Crippen molar-refractivity contribution in [1.82, 2.24) is 5.32 Å². The van der Waals surface area contributed by atoms with Crippen molar-refractivity contribution in [2.45, 2.75) is 38.0 Å². The van der Waals surface area contributed by atoms with Gasteiger partial charge in [0.15, 0.2) is 0 Å². The molecule has 0 saturated carbocycles. The van der Waals surface area contributed by atoms with Crippen molar-refractivity contribution in [2.24, 2.45) is 0 Å². The van der Waals surface area contributed by atoms with E-state index in [0.29, 0.717) is 5.56 Å². The van der Waals surface area contributed by atoms with Crippen molar-refractivity contribution in [1.29, 1.82) is 0 Å². The zero-order valence-corrected chi connectivity index (χ0v) is 12.5. The number of rotatable bonds is 3. The van der Waals surface area contributed by atoms with Crippen molar-refractivity contribution in [3.63, 3.8) is 0 Å². The molecule has 0 radical (unpaired) electrons. The summed E-state index contributed by atoms with van der Waals surface area (Å²) in [5, 5.41) is 3.30. The summed E-state index contributed by atoms with van der Waals surface area (Å²) in [5.74, 6) is -1.23. The van der Waals surface area contributed by atoms with Gasteiger partial charge in [-0.3, -0.25) is 0 Å². The van der Waals surface area contributed by atoms with Gasteiger partial charge in [0.25, 0.3) is 0 Å². The lowest BCUT2D eigenvalue weighted by molar-refractivity contribution is -0.140. The van der Waals surface area contributed by atoms with Gasteiger partial charge >= 0.3 is 6.18 Å². The van der Waals surface area contributed by atoms with E-state index >= 15 is 0 Å². The summed E-state index contributed by atoms with van der Waals surface area (Å²) in [6, 6.07) is 11.4. The fraction of sp³-hybridized carbons (Fsp3) is 0.333. The fourth-order valence-electron chi connectivity index (χ4n) is 3.11. The Morgan fingerprint density at radius 1 is 1.09 bits per heavy atom. The van der Waals surface area contributed by atoms with Crippen molar-refractivity contribution in [3.05, 3.63) is 70.5 Å². The SMILES string of the molecule is Fc1ccc(CN[C@H]2CCCc3ccccc32)cc1C(F)(F)F. The zero-order valence-electron chi connectivity index (χ0n) is 12.5. The number of alkyl halides is 3. The van der Waals surface area contributed by atoms with E-state index in [0.717, 1.165) is 31.4 Å². The molecule has 0 aromatic heterocycles. The fourth-order valence-corrected chi connectivity index (χ4v) is 3.11. The maximum Gasteiger partial charge on any atom is 0.419 e. The zero-order chi connectivity index (χ0) is 16.4. The van der Waals surface area contributed by atoms with Crippen LogP contribution in [-0.2, 0) is 19.1 Å². The average molecular weight is 323 g/mol. The van der Waals surface area contributed by atoms with Crippen LogP contribution < -0.4 is 5.32 Å². The number of halogens is 4. The summed E-state index contributed by atoms with van der Waals surface area (Å²) >= 11 is 0. The summed E-state index contributed by atoms with van der Waals surface area (Å²) < 4.78 is 51.6. The Balaban J connectivity index is 1.75. The highest BCUT2D eigenvalue weighted by Crippen LogP contribution is 2.33. The van der Waals surface area contributed by atoms with Gasteiger partial charge in [0, 0.05) is 12.6 Å². The first-order valence-corrected chi connectivity index (χ1v) is 7.62. The molecule has 0 unspecified atom stereocenters. The smallest absolute Gasteiger partial charge is 0.306 e. The van der Waals surface area contributed by atoms with Gasteiger partial charge in [0.05, 0.1) is 5.56 Å². The number of fused-ring (bicyclic) bond motifs is 1. The summed E-state index contributed by atoms with van der Waals surface area (Å²) in [6.07, 6.45) is -1.64. The Bertz CT molecular complexity index is 694. The molecule has 1 aliphatic rings. The maximum absolute atomic E-state index is 13.3. The van der Waals surface area contributed by atoms with Crippen molar-refractivity contribution in [2.75, 3.05) is 0 Å². The van der Waals surface area contributed by atoms with Gasteiger partial charge in [-0.05, 0) is 48.1 Å². The number of hydrogen-bond donors (Lipinski definition) is 1. The predicted molar refractivity (Wildman–Crippen MR) is 80.4 cm³/mol. The lowest BCUT2D eigenvalue weighted by Gasteiger charge is -2.26. The first-order chi connectivity index (χ1) is 10.9. The molecule has 0 fully saturated rings. The molecule has 1 N–H and O–H groups in total. The van der Waals surface area contributed by atoms with Crippen LogP contribution in [0.25, 0.3) is 0 Å². The molecule has 1 nitrogen and oxygen atoms in total. The molecule has 2 aromatic carbocycles. The standard InChI is InChI=1S/C18H17F4N/c19-16-9-8-12(10-15(16)18(20,21)22)11-23-17-7-3-5-13-4-1-2-6-14(13)17/h1-2,4,6,8-10,17,23H,3,5,7,11H2/t17-/m0/s1. The number of aryl methyl sites for hydroxylation is 1. The largest absolute Gasteiger partial charge is 0.419 e. The minimum Gasteiger partial charge on any atom is -0.306 e. The van der Waals surface area contributed by atoms with E-state index in [9.17, 15) is 17.6 Å². The average Bonchev–Trinajstić information content (AvgIpc) is 2.53. The van der Waals surface area contributed by atoms with Crippen LogP contribution in [0.4, 0.5) is 17.6 Å². The molecule has 0 aliphatic heterocycles. The van der Waals surface area contributed by atoms with Crippen molar-refractivity contribution >= 4 is 0 Å².